The molecule has 0 aliphatic heterocycles. The number of primary amides is 1. The lowest BCUT2D eigenvalue weighted by atomic mass is 9.96. The fourth-order valence-electron chi connectivity index (χ4n) is 1.54. The number of rotatable bonds is 3. The molecule has 0 aromatic heterocycles. The molecular weight excluding hydrogens is 192 g/mol. The highest BCUT2D eigenvalue weighted by atomic mass is 16.5. The van der Waals surface area contributed by atoms with E-state index in [1.165, 1.54) is 6.42 Å². The molecule has 1 aromatic carbocycles. The Kier molecular flexibility index (Phi) is 2.49. The van der Waals surface area contributed by atoms with E-state index in [0.717, 1.165) is 12.8 Å². The van der Waals surface area contributed by atoms with E-state index in [4.69, 9.17) is 16.2 Å². The quantitative estimate of drug-likeness (QED) is 0.731. The number of amides is 1. The SMILES string of the molecule is NC(=O)c1cccc(N)c1OC1CCC1. The number of ether oxygens (including phenoxy) is 1. The topological polar surface area (TPSA) is 78.3 Å². The van der Waals surface area contributed by atoms with E-state index in [1.807, 2.05) is 0 Å². The van der Waals surface area contributed by atoms with Crippen molar-refractivity contribution in [3.63, 3.8) is 0 Å². The second-order valence-corrected chi connectivity index (χ2v) is 3.76. The van der Waals surface area contributed by atoms with Crippen molar-refractivity contribution < 1.29 is 9.53 Å². The average Bonchev–Trinajstić information content (AvgIpc) is 2.12. The van der Waals surface area contributed by atoms with E-state index in [9.17, 15) is 4.79 Å². The predicted molar refractivity (Wildman–Crippen MR) is 57.6 cm³/mol. The van der Waals surface area contributed by atoms with Crippen LogP contribution in [0.25, 0.3) is 0 Å². The molecule has 2 rings (SSSR count). The van der Waals surface area contributed by atoms with Crippen molar-refractivity contribution in [2.45, 2.75) is 25.4 Å². The number of hydrogen-bond donors (Lipinski definition) is 2. The summed E-state index contributed by atoms with van der Waals surface area (Å²) in [5.41, 5.74) is 11.8. The second kappa shape index (κ2) is 3.81. The highest BCUT2D eigenvalue weighted by Crippen LogP contribution is 2.31. The van der Waals surface area contributed by atoms with Gasteiger partial charge in [-0.05, 0) is 31.4 Å². The number of hydrogen-bond acceptors (Lipinski definition) is 3. The Hall–Kier alpha value is -1.71. The minimum atomic E-state index is -0.503. The molecule has 80 valence electrons. The summed E-state index contributed by atoms with van der Waals surface area (Å²) < 4.78 is 5.65. The number of carbonyl (C=O) groups is 1. The summed E-state index contributed by atoms with van der Waals surface area (Å²) in [6.07, 6.45) is 3.40. The summed E-state index contributed by atoms with van der Waals surface area (Å²) >= 11 is 0. The van der Waals surface area contributed by atoms with Gasteiger partial charge in [-0.15, -0.1) is 0 Å². The molecule has 1 amide bonds. The molecule has 0 radical (unpaired) electrons. The molecule has 4 heteroatoms. The molecule has 1 saturated carbocycles. The van der Waals surface area contributed by atoms with Crippen LogP contribution in [0.1, 0.15) is 29.6 Å². The van der Waals surface area contributed by atoms with Crippen LogP contribution in [0.2, 0.25) is 0 Å². The third-order valence-electron chi connectivity index (χ3n) is 2.65. The van der Waals surface area contributed by atoms with Crippen LogP contribution in [0.5, 0.6) is 5.75 Å². The van der Waals surface area contributed by atoms with Gasteiger partial charge in [0.1, 0.15) is 0 Å². The molecule has 4 nitrogen and oxygen atoms in total. The van der Waals surface area contributed by atoms with Crippen molar-refractivity contribution in [3.8, 4) is 5.75 Å². The zero-order valence-electron chi connectivity index (χ0n) is 8.40. The van der Waals surface area contributed by atoms with Gasteiger partial charge < -0.3 is 16.2 Å². The maximum absolute atomic E-state index is 11.1. The maximum Gasteiger partial charge on any atom is 0.252 e. The van der Waals surface area contributed by atoms with E-state index < -0.39 is 5.91 Å². The molecule has 15 heavy (non-hydrogen) atoms. The van der Waals surface area contributed by atoms with Crippen LogP contribution in [0.15, 0.2) is 18.2 Å². The predicted octanol–water partition coefficient (Wildman–Crippen LogP) is 1.30. The maximum atomic E-state index is 11.1. The van der Waals surface area contributed by atoms with Crippen LogP contribution in [0.3, 0.4) is 0 Å². The minimum absolute atomic E-state index is 0.188. The van der Waals surface area contributed by atoms with Crippen molar-refractivity contribution >= 4 is 11.6 Å². The van der Waals surface area contributed by atoms with Gasteiger partial charge in [0, 0.05) is 0 Å². The first-order valence-electron chi connectivity index (χ1n) is 5.03. The molecule has 0 unspecified atom stereocenters. The smallest absolute Gasteiger partial charge is 0.252 e. The lowest BCUT2D eigenvalue weighted by Crippen LogP contribution is -2.26. The fourth-order valence-corrected chi connectivity index (χ4v) is 1.54. The molecule has 1 aliphatic rings. The van der Waals surface area contributed by atoms with Crippen LogP contribution in [0, 0.1) is 0 Å². The third-order valence-corrected chi connectivity index (χ3v) is 2.65. The van der Waals surface area contributed by atoms with E-state index in [2.05, 4.69) is 0 Å². The van der Waals surface area contributed by atoms with Gasteiger partial charge in [0.05, 0.1) is 17.4 Å². The summed E-state index contributed by atoms with van der Waals surface area (Å²) in [4.78, 5) is 11.1. The van der Waals surface area contributed by atoms with Gasteiger partial charge in [0.2, 0.25) is 0 Å². The summed E-state index contributed by atoms with van der Waals surface area (Å²) in [6.45, 7) is 0. The lowest BCUT2D eigenvalue weighted by molar-refractivity contribution is 0.0973. The summed E-state index contributed by atoms with van der Waals surface area (Å²) in [6, 6.07) is 5.04. The summed E-state index contributed by atoms with van der Waals surface area (Å²) in [5, 5.41) is 0. The Labute approximate surface area is 88.2 Å². The zero-order chi connectivity index (χ0) is 10.8. The van der Waals surface area contributed by atoms with E-state index in [0.29, 0.717) is 17.0 Å². The van der Waals surface area contributed by atoms with Gasteiger partial charge in [0.25, 0.3) is 5.91 Å². The van der Waals surface area contributed by atoms with Gasteiger partial charge in [-0.2, -0.15) is 0 Å². The van der Waals surface area contributed by atoms with Crippen molar-refractivity contribution in [2.24, 2.45) is 5.73 Å². The van der Waals surface area contributed by atoms with Gasteiger partial charge in [0.15, 0.2) is 5.75 Å². The highest BCUT2D eigenvalue weighted by molar-refractivity contribution is 5.97. The van der Waals surface area contributed by atoms with Gasteiger partial charge in [-0.1, -0.05) is 6.07 Å². The van der Waals surface area contributed by atoms with Crippen LogP contribution < -0.4 is 16.2 Å². The van der Waals surface area contributed by atoms with E-state index in [1.54, 1.807) is 18.2 Å². The van der Waals surface area contributed by atoms with Crippen LogP contribution in [-0.2, 0) is 0 Å². The first-order chi connectivity index (χ1) is 7.18. The van der Waals surface area contributed by atoms with Gasteiger partial charge in [-0.25, -0.2) is 0 Å². The Balaban J connectivity index is 2.29. The first-order valence-corrected chi connectivity index (χ1v) is 5.03. The monoisotopic (exact) mass is 206 g/mol. The largest absolute Gasteiger partial charge is 0.487 e. The van der Waals surface area contributed by atoms with Crippen LogP contribution in [0.4, 0.5) is 5.69 Å². The Bertz CT molecular complexity index is 386. The normalized spacial score (nSPS) is 15.7. The Morgan fingerprint density at radius 3 is 2.67 bits per heavy atom. The van der Waals surface area contributed by atoms with Gasteiger partial charge in [-0.3, -0.25) is 4.79 Å². The number of nitrogen functional groups attached to an aromatic ring is 1. The molecular formula is C11H14N2O2. The zero-order valence-corrected chi connectivity index (χ0v) is 8.40. The lowest BCUT2D eigenvalue weighted by Gasteiger charge is -2.27. The van der Waals surface area contributed by atoms with Crippen molar-refractivity contribution in [3.05, 3.63) is 23.8 Å². The summed E-state index contributed by atoms with van der Waals surface area (Å²) in [7, 11) is 0. The highest BCUT2D eigenvalue weighted by Gasteiger charge is 2.22. The van der Waals surface area contributed by atoms with Crippen LogP contribution >= 0.6 is 0 Å². The third kappa shape index (κ3) is 1.88. The number of benzene rings is 1. The molecule has 0 bridgehead atoms. The number of carbonyl (C=O) groups excluding carboxylic acids is 1. The van der Waals surface area contributed by atoms with Crippen LogP contribution in [-0.4, -0.2) is 12.0 Å². The average molecular weight is 206 g/mol. The second-order valence-electron chi connectivity index (χ2n) is 3.76. The number of anilines is 1. The molecule has 0 atom stereocenters. The summed E-state index contributed by atoms with van der Waals surface area (Å²) in [5.74, 6) is -0.0636. The molecule has 1 aromatic rings. The number of nitrogens with two attached hydrogens (primary N) is 2. The molecule has 0 heterocycles. The Morgan fingerprint density at radius 1 is 1.40 bits per heavy atom. The van der Waals surface area contributed by atoms with E-state index in [-0.39, 0.29) is 6.10 Å². The van der Waals surface area contributed by atoms with Crippen molar-refractivity contribution in [1.29, 1.82) is 0 Å². The van der Waals surface area contributed by atoms with E-state index >= 15 is 0 Å². The first kappa shape index (κ1) is 9.83. The van der Waals surface area contributed by atoms with Gasteiger partial charge >= 0.3 is 0 Å². The minimum Gasteiger partial charge on any atom is -0.487 e. The molecule has 1 fully saturated rings. The van der Waals surface area contributed by atoms with Crippen molar-refractivity contribution in [1.82, 2.24) is 0 Å². The molecule has 4 N–H and O–H groups in total. The molecule has 0 saturated heterocycles. The standard InChI is InChI=1S/C11H14N2O2/c12-9-6-2-5-8(11(13)14)10(9)15-7-3-1-4-7/h2,5-7H,1,3-4,12H2,(H2,13,14). The molecule has 0 spiro atoms. The number of para-hydroxylation sites is 1. The fraction of sp³-hybridized carbons (Fsp3) is 0.364. The molecule has 1 aliphatic carbocycles. The van der Waals surface area contributed by atoms with Crippen molar-refractivity contribution in [2.75, 3.05) is 5.73 Å². The Morgan fingerprint density at radius 2 is 2.13 bits per heavy atom.